The molecule has 1 saturated carbocycles. The standard InChI is InChI=1S/C26H34ClN3O/c1-4-23(27)22(18-20(3)29-21-10-7-6-8-11-21)24-12-9-13-25(30-24)28-19-26(5-2)14-16-31-17-15-26/h2,4,9,12-13,18,21,29H,3,6-8,10-11,14-17,19H2,1H3,(H,28,30)/b22-18+,23-4+. The second kappa shape index (κ2) is 11.4. The van der Waals surface area contributed by atoms with Gasteiger partial charge in [-0.2, -0.15) is 0 Å². The third-order valence-corrected chi connectivity index (χ3v) is 6.63. The highest BCUT2D eigenvalue weighted by atomic mass is 35.5. The van der Waals surface area contributed by atoms with Gasteiger partial charge in [0.15, 0.2) is 0 Å². The molecule has 2 heterocycles. The molecule has 0 atom stereocenters. The first-order chi connectivity index (χ1) is 15.0. The van der Waals surface area contributed by atoms with Gasteiger partial charge >= 0.3 is 0 Å². The van der Waals surface area contributed by atoms with Crippen LogP contribution < -0.4 is 10.6 Å². The molecule has 0 unspecified atom stereocenters. The number of rotatable bonds is 8. The van der Waals surface area contributed by atoms with Crippen molar-refractivity contribution in [2.24, 2.45) is 5.41 Å². The van der Waals surface area contributed by atoms with Gasteiger partial charge < -0.3 is 15.4 Å². The molecule has 0 radical (unpaired) electrons. The first kappa shape index (κ1) is 23.4. The average Bonchev–Trinajstić information content (AvgIpc) is 2.82. The van der Waals surface area contributed by atoms with Crippen LogP contribution in [0.25, 0.3) is 5.57 Å². The Kier molecular flexibility index (Phi) is 8.63. The van der Waals surface area contributed by atoms with E-state index in [1.165, 1.54) is 32.1 Å². The van der Waals surface area contributed by atoms with Crippen molar-refractivity contribution in [3.63, 3.8) is 0 Å². The number of terminal acetylenes is 1. The fourth-order valence-electron chi connectivity index (χ4n) is 4.22. The summed E-state index contributed by atoms with van der Waals surface area (Å²) in [4.78, 5) is 4.82. The van der Waals surface area contributed by atoms with E-state index in [2.05, 4.69) is 23.1 Å². The summed E-state index contributed by atoms with van der Waals surface area (Å²) in [6.45, 7) is 8.24. The van der Waals surface area contributed by atoms with E-state index in [-0.39, 0.29) is 5.41 Å². The Morgan fingerprint density at radius 1 is 1.32 bits per heavy atom. The quantitative estimate of drug-likeness (QED) is 0.392. The lowest BCUT2D eigenvalue weighted by Gasteiger charge is -2.32. The van der Waals surface area contributed by atoms with Gasteiger partial charge in [0.1, 0.15) is 5.82 Å². The predicted molar refractivity (Wildman–Crippen MR) is 131 cm³/mol. The smallest absolute Gasteiger partial charge is 0.126 e. The summed E-state index contributed by atoms with van der Waals surface area (Å²) in [6, 6.07) is 6.41. The second-order valence-corrected chi connectivity index (χ2v) is 8.90. The van der Waals surface area contributed by atoms with E-state index >= 15 is 0 Å². The van der Waals surface area contributed by atoms with Crippen molar-refractivity contribution in [2.75, 3.05) is 25.1 Å². The number of pyridine rings is 1. The third kappa shape index (κ3) is 6.63. The Labute approximate surface area is 192 Å². The van der Waals surface area contributed by atoms with Crippen LogP contribution in [0.4, 0.5) is 5.82 Å². The average molecular weight is 440 g/mol. The first-order valence-electron chi connectivity index (χ1n) is 11.3. The molecular weight excluding hydrogens is 406 g/mol. The molecule has 5 heteroatoms. The van der Waals surface area contributed by atoms with Crippen molar-refractivity contribution in [3.8, 4) is 12.3 Å². The molecule has 4 nitrogen and oxygen atoms in total. The van der Waals surface area contributed by atoms with Crippen molar-refractivity contribution in [1.29, 1.82) is 0 Å². The maximum Gasteiger partial charge on any atom is 0.126 e. The minimum Gasteiger partial charge on any atom is -0.383 e. The Bertz CT molecular complexity index is 856. The van der Waals surface area contributed by atoms with Gasteiger partial charge in [0, 0.05) is 42.1 Å². The van der Waals surface area contributed by atoms with Crippen molar-refractivity contribution in [2.45, 2.75) is 57.9 Å². The molecule has 0 bridgehead atoms. The van der Waals surface area contributed by atoms with E-state index < -0.39 is 0 Å². The summed E-state index contributed by atoms with van der Waals surface area (Å²) in [5.41, 5.74) is 2.35. The highest BCUT2D eigenvalue weighted by Crippen LogP contribution is 2.31. The molecule has 1 aliphatic heterocycles. The number of hydrogen-bond donors (Lipinski definition) is 2. The lowest BCUT2D eigenvalue weighted by atomic mass is 9.81. The SMILES string of the molecule is C#CC1(CNc2cccc(C(=C/C(=C)NC3CCCCC3)/C(Cl)=C\C)n2)CCOCC1. The minimum absolute atomic E-state index is 0.187. The largest absolute Gasteiger partial charge is 0.383 e. The maximum atomic E-state index is 6.57. The number of nitrogens with zero attached hydrogens (tertiary/aromatic N) is 1. The topological polar surface area (TPSA) is 46.2 Å². The van der Waals surface area contributed by atoms with Crippen LogP contribution in [0.1, 0.15) is 57.6 Å². The molecule has 31 heavy (non-hydrogen) atoms. The molecule has 0 spiro atoms. The number of aromatic nitrogens is 1. The molecule has 1 saturated heterocycles. The number of halogens is 1. The summed E-state index contributed by atoms with van der Waals surface area (Å²) in [5, 5.41) is 7.65. The van der Waals surface area contributed by atoms with Gasteiger partial charge in [-0.3, -0.25) is 0 Å². The summed E-state index contributed by atoms with van der Waals surface area (Å²) in [6.07, 6.45) is 17.7. The zero-order valence-corrected chi connectivity index (χ0v) is 19.3. The fourth-order valence-corrected chi connectivity index (χ4v) is 4.37. The number of anilines is 1. The Morgan fingerprint density at radius 3 is 2.74 bits per heavy atom. The van der Waals surface area contributed by atoms with Gasteiger partial charge in [-0.15, -0.1) is 6.42 Å². The van der Waals surface area contributed by atoms with Crippen LogP contribution >= 0.6 is 11.6 Å². The van der Waals surface area contributed by atoms with E-state index in [0.29, 0.717) is 30.8 Å². The van der Waals surface area contributed by atoms with Crippen molar-refractivity contribution in [1.82, 2.24) is 10.3 Å². The zero-order chi connectivity index (χ0) is 22.1. The maximum absolute atomic E-state index is 6.57. The van der Waals surface area contributed by atoms with Crippen LogP contribution in [0.5, 0.6) is 0 Å². The van der Waals surface area contributed by atoms with Crippen LogP contribution in [0.2, 0.25) is 0 Å². The third-order valence-electron chi connectivity index (χ3n) is 6.21. The van der Waals surface area contributed by atoms with E-state index in [4.69, 9.17) is 27.7 Å². The zero-order valence-electron chi connectivity index (χ0n) is 18.6. The van der Waals surface area contributed by atoms with Crippen molar-refractivity contribution >= 4 is 23.0 Å². The van der Waals surface area contributed by atoms with Crippen LogP contribution in [0, 0.1) is 17.8 Å². The molecule has 0 amide bonds. The number of allylic oxidation sites excluding steroid dienone is 4. The highest BCUT2D eigenvalue weighted by molar-refractivity contribution is 6.36. The molecule has 1 aliphatic carbocycles. The summed E-state index contributed by atoms with van der Waals surface area (Å²) in [5.74, 6) is 3.77. The molecule has 1 aromatic rings. The lowest BCUT2D eigenvalue weighted by molar-refractivity contribution is 0.0464. The van der Waals surface area contributed by atoms with Crippen LogP contribution in [-0.2, 0) is 4.74 Å². The summed E-state index contributed by atoms with van der Waals surface area (Å²) in [7, 11) is 0. The lowest BCUT2D eigenvalue weighted by Crippen LogP contribution is -2.34. The number of ether oxygens (including phenoxy) is 1. The Hall–Kier alpha value is -2.22. The van der Waals surface area contributed by atoms with Gasteiger partial charge in [0.25, 0.3) is 0 Å². The van der Waals surface area contributed by atoms with Gasteiger partial charge in [-0.05, 0) is 50.8 Å². The summed E-state index contributed by atoms with van der Waals surface area (Å²) < 4.78 is 5.48. The van der Waals surface area contributed by atoms with E-state index in [1.54, 1.807) is 0 Å². The molecule has 3 rings (SSSR count). The second-order valence-electron chi connectivity index (χ2n) is 8.50. The van der Waals surface area contributed by atoms with Gasteiger partial charge in [0.05, 0.1) is 11.1 Å². The van der Waals surface area contributed by atoms with Crippen LogP contribution in [-0.4, -0.2) is 30.8 Å². The molecule has 2 aliphatic rings. The molecule has 166 valence electrons. The Morgan fingerprint density at radius 2 is 2.06 bits per heavy atom. The van der Waals surface area contributed by atoms with Gasteiger partial charge in [-0.25, -0.2) is 4.98 Å². The molecular formula is C26H34ClN3O. The first-order valence-corrected chi connectivity index (χ1v) is 11.7. The number of hydrogen-bond acceptors (Lipinski definition) is 4. The van der Waals surface area contributed by atoms with Crippen molar-refractivity contribution in [3.05, 3.63) is 53.4 Å². The fraction of sp³-hybridized carbons (Fsp3) is 0.500. The number of nitrogens with one attached hydrogen (secondary N) is 2. The van der Waals surface area contributed by atoms with E-state index in [9.17, 15) is 0 Å². The highest BCUT2D eigenvalue weighted by Gasteiger charge is 2.30. The minimum atomic E-state index is -0.187. The van der Waals surface area contributed by atoms with Gasteiger partial charge in [-0.1, -0.05) is 55.5 Å². The van der Waals surface area contributed by atoms with Gasteiger partial charge in [0.2, 0.25) is 0 Å². The molecule has 2 fully saturated rings. The molecule has 0 aromatic carbocycles. The van der Waals surface area contributed by atoms with E-state index in [0.717, 1.165) is 35.6 Å². The summed E-state index contributed by atoms with van der Waals surface area (Å²) >= 11 is 6.57. The van der Waals surface area contributed by atoms with Crippen molar-refractivity contribution < 1.29 is 4.74 Å². The predicted octanol–water partition coefficient (Wildman–Crippen LogP) is 5.89. The van der Waals surface area contributed by atoms with Crippen LogP contribution in [0.3, 0.4) is 0 Å². The molecule has 1 aromatic heterocycles. The van der Waals surface area contributed by atoms with E-state index in [1.807, 2.05) is 37.3 Å². The van der Waals surface area contributed by atoms with Crippen LogP contribution in [0.15, 0.2) is 47.7 Å². The normalized spacial score (nSPS) is 20.0. The Balaban J connectivity index is 1.74. The monoisotopic (exact) mass is 439 g/mol. The molecule has 2 N–H and O–H groups in total.